The molecule has 2 aromatic rings. The highest BCUT2D eigenvalue weighted by Gasteiger charge is 2.14. The molecule has 0 radical (unpaired) electrons. The Kier molecular flexibility index (Phi) is 6.74. The van der Waals surface area contributed by atoms with E-state index in [1.54, 1.807) is 12.1 Å². The van der Waals surface area contributed by atoms with Crippen LogP contribution < -0.4 is 14.8 Å². The number of rotatable bonds is 8. The third kappa shape index (κ3) is 5.45. The number of amides is 1. The van der Waals surface area contributed by atoms with E-state index in [0.717, 1.165) is 12.0 Å². The molecule has 0 saturated heterocycles. The lowest BCUT2D eigenvalue weighted by Gasteiger charge is -2.16. The molecule has 25 heavy (non-hydrogen) atoms. The number of carbonyl (C=O) groups excluding carboxylic acids is 1. The van der Waals surface area contributed by atoms with Crippen LogP contribution >= 0.6 is 0 Å². The van der Waals surface area contributed by atoms with Crippen LogP contribution in [0, 0.1) is 0 Å². The second kappa shape index (κ2) is 9.01. The molecule has 1 N–H and O–H groups in total. The second-order valence-corrected chi connectivity index (χ2v) is 5.56. The fourth-order valence-corrected chi connectivity index (χ4v) is 2.34. The van der Waals surface area contributed by atoms with E-state index in [-0.39, 0.29) is 18.0 Å². The summed E-state index contributed by atoms with van der Waals surface area (Å²) in [4.78, 5) is 12.1. The van der Waals surface area contributed by atoms with E-state index >= 15 is 0 Å². The summed E-state index contributed by atoms with van der Waals surface area (Å²) in [6.45, 7) is 0.974. The van der Waals surface area contributed by atoms with Crippen molar-refractivity contribution in [3.63, 3.8) is 0 Å². The van der Waals surface area contributed by atoms with Gasteiger partial charge in [0.1, 0.15) is 11.5 Å². The Morgan fingerprint density at radius 1 is 1.08 bits per heavy atom. The third-order valence-electron chi connectivity index (χ3n) is 3.80. The molecule has 0 fully saturated rings. The van der Waals surface area contributed by atoms with E-state index in [1.165, 1.54) is 12.1 Å². The minimum absolute atomic E-state index is 0.0918. The molecule has 0 saturated carbocycles. The molecule has 2 rings (SSSR count). The molecular formula is C19H21F2NO3. The maximum Gasteiger partial charge on any atom is 0.387 e. The van der Waals surface area contributed by atoms with E-state index in [2.05, 4.69) is 23.9 Å². The molecule has 0 spiro atoms. The van der Waals surface area contributed by atoms with E-state index in [9.17, 15) is 13.6 Å². The summed E-state index contributed by atoms with van der Waals surface area (Å²) in [6, 6.07) is 13.6. The van der Waals surface area contributed by atoms with Gasteiger partial charge in [0.15, 0.2) is 6.61 Å². The van der Waals surface area contributed by atoms with Crippen LogP contribution in [0.2, 0.25) is 0 Å². The van der Waals surface area contributed by atoms with Crippen LogP contribution in [-0.2, 0) is 4.79 Å². The number of carbonyl (C=O) groups is 1. The maximum atomic E-state index is 12.4. The molecule has 4 nitrogen and oxygen atoms in total. The van der Waals surface area contributed by atoms with Gasteiger partial charge in [-0.3, -0.25) is 4.79 Å². The van der Waals surface area contributed by atoms with Crippen molar-refractivity contribution >= 4 is 11.6 Å². The molecule has 0 aromatic heterocycles. The summed E-state index contributed by atoms with van der Waals surface area (Å²) >= 11 is 0. The number of alkyl halides is 2. The molecule has 0 heterocycles. The van der Waals surface area contributed by atoms with Gasteiger partial charge >= 0.3 is 6.61 Å². The molecule has 2 aromatic carbocycles. The van der Waals surface area contributed by atoms with Crippen molar-refractivity contribution < 1.29 is 23.0 Å². The molecular weight excluding hydrogens is 328 g/mol. The van der Waals surface area contributed by atoms with Crippen LogP contribution in [0.15, 0.2) is 48.5 Å². The van der Waals surface area contributed by atoms with Crippen molar-refractivity contribution in [1.29, 1.82) is 0 Å². The lowest BCUT2D eigenvalue weighted by atomic mass is 9.98. The number of nitrogens with one attached hydrogen (secondary N) is 1. The van der Waals surface area contributed by atoms with Gasteiger partial charge in [-0.2, -0.15) is 8.78 Å². The van der Waals surface area contributed by atoms with Crippen LogP contribution in [0.3, 0.4) is 0 Å². The smallest absolute Gasteiger partial charge is 0.387 e. The van der Waals surface area contributed by atoms with E-state index in [0.29, 0.717) is 11.7 Å². The molecule has 1 unspecified atom stereocenters. The van der Waals surface area contributed by atoms with Crippen molar-refractivity contribution in [3.05, 3.63) is 54.1 Å². The Balaban J connectivity index is 2.01. The number of para-hydroxylation sites is 3. The number of hydrogen-bond donors (Lipinski definition) is 1. The first-order valence-corrected chi connectivity index (χ1v) is 8.06. The number of halogens is 2. The van der Waals surface area contributed by atoms with Crippen molar-refractivity contribution in [2.75, 3.05) is 11.9 Å². The zero-order valence-electron chi connectivity index (χ0n) is 14.2. The summed E-state index contributed by atoms with van der Waals surface area (Å²) in [5.41, 5.74) is 1.20. The molecule has 0 aliphatic heterocycles. The summed E-state index contributed by atoms with van der Waals surface area (Å²) in [7, 11) is 0. The topological polar surface area (TPSA) is 47.6 Å². The van der Waals surface area contributed by atoms with E-state index in [1.807, 2.05) is 24.3 Å². The van der Waals surface area contributed by atoms with Crippen molar-refractivity contribution in [2.45, 2.75) is 32.8 Å². The fraction of sp³-hybridized carbons (Fsp3) is 0.316. The van der Waals surface area contributed by atoms with Gasteiger partial charge in [0.05, 0.1) is 5.69 Å². The Morgan fingerprint density at radius 2 is 1.72 bits per heavy atom. The summed E-state index contributed by atoms with van der Waals surface area (Å²) < 4.78 is 34.8. The number of ether oxygens (including phenoxy) is 2. The van der Waals surface area contributed by atoms with Gasteiger partial charge in [-0.05, 0) is 36.1 Å². The van der Waals surface area contributed by atoms with Crippen molar-refractivity contribution in [3.8, 4) is 11.5 Å². The van der Waals surface area contributed by atoms with Gasteiger partial charge in [-0.15, -0.1) is 0 Å². The minimum Gasteiger partial charge on any atom is -0.483 e. The molecule has 6 heteroatoms. The first-order chi connectivity index (χ1) is 12.0. The third-order valence-corrected chi connectivity index (χ3v) is 3.80. The van der Waals surface area contributed by atoms with Gasteiger partial charge in [0.25, 0.3) is 5.91 Å². The lowest BCUT2D eigenvalue weighted by molar-refractivity contribution is -0.118. The molecule has 1 atom stereocenters. The first-order valence-electron chi connectivity index (χ1n) is 8.06. The highest BCUT2D eigenvalue weighted by molar-refractivity contribution is 5.93. The van der Waals surface area contributed by atoms with Crippen LogP contribution in [0.25, 0.3) is 0 Å². The van der Waals surface area contributed by atoms with Gasteiger partial charge < -0.3 is 14.8 Å². The second-order valence-electron chi connectivity index (χ2n) is 5.56. The van der Waals surface area contributed by atoms with E-state index in [4.69, 9.17) is 4.74 Å². The van der Waals surface area contributed by atoms with Crippen molar-refractivity contribution in [1.82, 2.24) is 0 Å². The lowest BCUT2D eigenvalue weighted by Crippen LogP contribution is -2.21. The molecule has 0 aliphatic rings. The summed E-state index contributed by atoms with van der Waals surface area (Å²) in [5, 5.41) is 2.53. The fourth-order valence-electron chi connectivity index (χ4n) is 2.34. The van der Waals surface area contributed by atoms with Crippen LogP contribution in [0.5, 0.6) is 11.5 Å². The SMILES string of the molecule is CCC(C)c1ccccc1OCC(=O)Nc1ccccc1OC(F)F. The summed E-state index contributed by atoms with van der Waals surface area (Å²) in [5.74, 6) is 0.402. The zero-order chi connectivity index (χ0) is 18.2. The number of hydrogen-bond acceptors (Lipinski definition) is 3. The molecule has 0 aliphatic carbocycles. The Bertz CT molecular complexity index is 707. The van der Waals surface area contributed by atoms with Crippen LogP contribution in [0.1, 0.15) is 31.7 Å². The van der Waals surface area contributed by atoms with Crippen molar-refractivity contribution in [2.24, 2.45) is 0 Å². The Labute approximate surface area is 145 Å². The van der Waals surface area contributed by atoms with Gasteiger partial charge in [0, 0.05) is 0 Å². The highest BCUT2D eigenvalue weighted by Crippen LogP contribution is 2.29. The molecule has 134 valence electrons. The van der Waals surface area contributed by atoms with E-state index < -0.39 is 12.5 Å². The molecule has 0 bridgehead atoms. The van der Waals surface area contributed by atoms with Gasteiger partial charge in [-0.1, -0.05) is 44.2 Å². The average Bonchev–Trinajstić information content (AvgIpc) is 2.61. The van der Waals surface area contributed by atoms with Crippen LogP contribution in [-0.4, -0.2) is 19.1 Å². The zero-order valence-corrected chi connectivity index (χ0v) is 14.2. The predicted octanol–water partition coefficient (Wildman–Crippen LogP) is 4.82. The van der Waals surface area contributed by atoms with Gasteiger partial charge in [0.2, 0.25) is 0 Å². The standard InChI is InChI=1S/C19H21F2NO3/c1-3-13(2)14-8-4-6-10-16(14)24-12-18(23)22-15-9-5-7-11-17(15)25-19(20)21/h4-11,13,19H,3,12H2,1-2H3,(H,22,23). The largest absolute Gasteiger partial charge is 0.483 e. The highest BCUT2D eigenvalue weighted by atomic mass is 19.3. The Hall–Kier alpha value is -2.63. The maximum absolute atomic E-state index is 12.4. The number of anilines is 1. The predicted molar refractivity (Wildman–Crippen MR) is 92.3 cm³/mol. The summed E-state index contributed by atoms with van der Waals surface area (Å²) in [6.07, 6.45) is 0.949. The molecule has 1 amide bonds. The first kappa shape index (κ1) is 18.7. The van der Waals surface area contributed by atoms with Gasteiger partial charge in [-0.25, -0.2) is 0 Å². The Morgan fingerprint density at radius 3 is 2.40 bits per heavy atom. The van der Waals surface area contributed by atoms with Crippen LogP contribution in [0.4, 0.5) is 14.5 Å². The minimum atomic E-state index is -2.96. The average molecular weight is 349 g/mol. The quantitative estimate of drug-likeness (QED) is 0.743. The number of benzene rings is 2. The monoisotopic (exact) mass is 349 g/mol. The normalized spacial score (nSPS) is 11.9.